The van der Waals surface area contributed by atoms with E-state index in [9.17, 15) is 4.39 Å². The van der Waals surface area contributed by atoms with E-state index in [-0.39, 0.29) is 18.3 Å². The van der Waals surface area contributed by atoms with Crippen molar-refractivity contribution in [3.63, 3.8) is 0 Å². The normalized spacial score (nSPS) is 11.4. The van der Waals surface area contributed by atoms with E-state index in [1.54, 1.807) is 31.4 Å². The van der Waals surface area contributed by atoms with Gasteiger partial charge in [0.05, 0.1) is 18.7 Å². The molecule has 2 aromatic rings. The van der Waals surface area contributed by atoms with Gasteiger partial charge in [0.15, 0.2) is 5.96 Å². The van der Waals surface area contributed by atoms with Crippen LogP contribution < -0.4 is 15.8 Å². The standard InChI is InChI=1S/C15H14BrClFN3O/c1-22-14-3-2-12(7-13(14)17)21-15(19)20-8-9-4-10(16)6-11(18)5-9/h2-7H,8H2,1H3,(H3,19,20,21). The molecule has 0 unspecified atom stereocenters. The molecule has 2 rings (SSSR count). The van der Waals surface area contributed by atoms with Crippen LogP contribution in [0.3, 0.4) is 0 Å². The molecular weight excluding hydrogens is 373 g/mol. The number of hydrogen-bond acceptors (Lipinski definition) is 2. The molecule has 0 fully saturated rings. The zero-order valence-electron chi connectivity index (χ0n) is 11.7. The number of benzene rings is 2. The summed E-state index contributed by atoms with van der Waals surface area (Å²) in [7, 11) is 1.54. The second kappa shape index (κ2) is 7.47. The predicted octanol–water partition coefficient (Wildman–Crippen LogP) is 4.18. The summed E-state index contributed by atoms with van der Waals surface area (Å²) in [4.78, 5) is 4.17. The number of anilines is 1. The summed E-state index contributed by atoms with van der Waals surface area (Å²) < 4.78 is 19.0. The molecule has 0 spiro atoms. The van der Waals surface area contributed by atoms with Gasteiger partial charge in [0.1, 0.15) is 11.6 Å². The monoisotopic (exact) mass is 385 g/mol. The quantitative estimate of drug-likeness (QED) is 0.612. The maximum absolute atomic E-state index is 13.3. The predicted molar refractivity (Wildman–Crippen MR) is 91.1 cm³/mol. The number of nitrogens with zero attached hydrogens (tertiary/aromatic N) is 1. The Morgan fingerprint density at radius 1 is 1.36 bits per heavy atom. The maximum atomic E-state index is 13.3. The van der Waals surface area contributed by atoms with Gasteiger partial charge in [-0.1, -0.05) is 27.5 Å². The Labute approximate surface area is 141 Å². The molecule has 0 saturated carbocycles. The fourth-order valence-electron chi connectivity index (χ4n) is 1.81. The molecule has 7 heteroatoms. The van der Waals surface area contributed by atoms with Gasteiger partial charge in [-0.2, -0.15) is 0 Å². The van der Waals surface area contributed by atoms with Crippen molar-refractivity contribution in [1.82, 2.24) is 0 Å². The molecule has 0 heterocycles. The molecule has 4 nitrogen and oxygen atoms in total. The first kappa shape index (κ1) is 16.6. The zero-order chi connectivity index (χ0) is 16.1. The molecule has 0 amide bonds. The van der Waals surface area contributed by atoms with Crippen molar-refractivity contribution >= 4 is 39.2 Å². The molecule has 116 valence electrons. The minimum atomic E-state index is -0.326. The van der Waals surface area contributed by atoms with E-state index in [0.717, 1.165) is 0 Å². The van der Waals surface area contributed by atoms with Crippen LogP contribution in [0.2, 0.25) is 5.02 Å². The first-order valence-corrected chi connectivity index (χ1v) is 7.50. The largest absolute Gasteiger partial charge is 0.495 e. The zero-order valence-corrected chi connectivity index (χ0v) is 14.1. The van der Waals surface area contributed by atoms with Gasteiger partial charge in [0.25, 0.3) is 0 Å². The molecule has 0 aliphatic rings. The van der Waals surface area contributed by atoms with Gasteiger partial charge in [-0.25, -0.2) is 9.38 Å². The van der Waals surface area contributed by atoms with Crippen LogP contribution in [-0.2, 0) is 6.54 Å². The first-order valence-electron chi connectivity index (χ1n) is 6.33. The van der Waals surface area contributed by atoms with Crippen LogP contribution in [0.15, 0.2) is 45.9 Å². The number of methoxy groups -OCH3 is 1. The first-order chi connectivity index (χ1) is 10.5. The Morgan fingerprint density at radius 3 is 2.77 bits per heavy atom. The third kappa shape index (κ3) is 4.61. The highest BCUT2D eigenvalue weighted by Crippen LogP contribution is 2.27. The van der Waals surface area contributed by atoms with E-state index in [2.05, 4.69) is 26.2 Å². The molecule has 3 N–H and O–H groups in total. The van der Waals surface area contributed by atoms with Crippen molar-refractivity contribution in [3.05, 3.63) is 57.3 Å². The van der Waals surface area contributed by atoms with Gasteiger partial charge in [0, 0.05) is 10.2 Å². The molecule has 0 aliphatic carbocycles. The van der Waals surface area contributed by atoms with E-state index < -0.39 is 0 Å². The topological polar surface area (TPSA) is 59.6 Å². The summed E-state index contributed by atoms with van der Waals surface area (Å²) in [6.45, 7) is 0.263. The molecule has 0 saturated heterocycles. The maximum Gasteiger partial charge on any atom is 0.193 e. The smallest absolute Gasteiger partial charge is 0.193 e. The van der Waals surface area contributed by atoms with E-state index in [1.807, 2.05) is 0 Å². The highest BCUT2D eigenvalue weighted by Gasteiger charge is 2.03. The lowest BCUT2D eigenvalue weighted by molar-refractivity contribution is 0.415. The molecule has 0 aliphatic heterocycles. The summed E-state index contributed by atoms with van der Waals surface area (Å²) >= 11 is 9.26. The van der Waals surface area contributed by atoms with E-state index in [0.29, 0.717) is 26.5 Å². The SMILES string of the molecule is COc1ccc(NC(N)=NCc2cc(F)cc(Br)c2)cc1Cl. The fraction of sp³-hybridized carbons (Fsp3) is 0.133. The highest BCUT2D eigenvalue weighted by molar-refractivity contribution is 9.10. The molecule has 2 aromatic carbocycles. The highest BCUT2D eigenvalue weighted by atomic mass is 79.9. The Balaban J connectivity index is 2.05. The Kier molecular flexibility index (Phi) is 5.63. The van der Waals surface area contributed by atoms with Crippen LogP contribution in [0.25, 0.3) is 0 Å². The van der Waals surface area contributed by atoms with E-state index in [4.69, 9.17) is 22.1 Å². The number of nitrogens with one attached hydrogen (secondary N) is 1. The second-order valence-corrected chi connectivity index (χ2v) is 5.78. The van der Waals surface area contributed by atoms with Gasteiger partial charge in [-0.05, 0) is 42.0 Å². The summed E-state index contributed by atoms with van der Waals surface area (Å²) in [5.41, 5.74) is 7.21. The number of guanidine groups is 1. The van der Waals surface area contributed by atoms with Crippen molar-refractivity contribution in [2.24, 2.45) is 10.7 Å². The molecule has 0 bridgehead atoms. The van der Waals surface area contributed by atoms with Crippen molar-refractivity contribution < 1.29 is 9.13 Å². The van der Waals surface area contributed by atoms with Gasteiger partial charge in [-0.15, -0.1) is 0 Å². The second-order valence-electron chi connectivity index (χ2n) is 4.45. The van der Waals surface area contributed by atoms with Crippen molar-refractivity contribution in [2.45, 2.75) is 6.54 Å². The van der Waals surface area contributed by atoms with Crippen molar-refractivity contribution in [1.29, 1.82) is 0 Å². The number of halogens is 3. The van der Waals surface area contributed by atoms with Crippen LogP contribution in [-0.4, -0.2) is 13.1 Å². The number of rotatable bonds is 4. The number of aliphatic imine (C=N–C) groups is 1. The minimum absolute atomic E-state index is 0.210. The Morgan fingerprint density at radius 2 is 2.14 bits per heavy atom. The van der Waals surface area contributed by atoms with E-state index >= 15 is 0 Å². The number of hydrogen-bond donors (Lipinski definition) is 2. The van der Waals surface area contributed by atoms with Gasteiger partial charge in [0.2, 0.25) is 0 Å². The molecular formula is C15H14BrClFN3O. The molecule has 0 radical (unpaired) electrons. The van der Waals surface area contributed by atoms with Crippen molar-refractivity contribution in [3.8, 4) is 5.75 Å². The lowest BCUT2D eigenvalue weighted by atomic mass is 10.2. The molecule has 0 atom stereocenters. The van der Waals surface area contributed by atoms with Crippen LogP contribution in [0.1, 0.15) is 5.56 Å². The summed E-state index contributed by atoms with van der Waals surface area (Å²) in [6.07, 6.45) is 0. The van der Waals surface area contributed by atoms with Gasteiger partial charge in [-0.3, -0.25) is 0 Å². The third-order valence-electron chi connectivity index (χ3n) is 2.78. The van der Waals surface area contributed by atoms with Gasteiger partial charge < -0.3 is 15.8 Å². The Hall–Kier alpha value is -1.79. The fourth-order valence-corrected chi connectivity index (χ4v) is 2.58. The van der Waals surface area contributed by atoms with Crippen LogP contribution >= 0.6 is 27.5 Å². The summed E-state index contributed by atoms with van der Waals surface area (Å²) in [5, 5.41) is 3.38. The van der Waals surface area contributed by atoms with E-state index in [1.165, 1.54) is 12.1 Å². The number of ether oxygens (including phenoxy) is 1. The average molecular weight is 387 g/mol. The van der Waals surface area contributed by atoms with Crippen LogP contribution in [0.4, 0.5) is 10.1 Å². The van der Waals surface area contributed by atoms with Crippen molar-refractivity contribution in [2.75, 3.05) is 12.4 Å². The summed E-state index contributed by atoms with van der Waals surface area (Å²) in [6, 6.07) is 9.75. The third-order valence-corrected chi connectivity index (χ3v) is 3.53. The number of nitrogens with two attached hydrogens (primary N) is 1. The van der Waals surface area contributed by atoms with Crippen LogP contribution in [0, 0.1) is 5.82 Å². The average Bonchev–Trinajstić information content (AvgIpc) is 2.44. The lowest BCUT2D eigenvalue weighted by Crippen LogP contribution is -2.22. The lowest BCUT2D eigenvalue weighted by Gasteiger charge is -2.08. The van der Waals surface area contributed by atoms with Gasteiger partial charge >= 0.3 is 0 Å². The Bertz CT molecular complexity index is 689. The molecule has 22 heavy (non-hydrogen) atoms. The molecule has 0 aromatic heterocycles. The minimum Gasteiger partial charge on any atom is -0.495 e. The summed E-state index contributed by atoms with van der Waals surface area (Å²) in [5.74, 6) is 0.460. The van der Waals surface area contributed by atoms with Crippen LogP contribution in [0.5, 0.6) is 5.75 Å².